The molecule has 2 heterocycles. The van der Waals surface area contributed by atoms with E-state index >= 15 is 0 Å². The van der Waals surface area contributed by atoms with Gasteiger partial charge in [0.25, 0.3) is 11.8 Å². The monoisotopic (exact) mass is 405 g/mol. The second kappa shape index (κ2) is 8.22. The predicted molar refractivity (Wildman–Crippen MR) is 114 cm³/mol. The van der Waals surface area contributed by atoms with Crippen molar-refractivity contribution in [3.63, 3.8) is 0 Å². The molecular weight excluding hydrogens is 381 g/mol. The number of nitrogens with zero attached hydrogens (tertiary/aromatic N) is 3. The SMILES string of the molecule is CCc1ccc(C(=O)N2CCN(C(=O)c3cc4ccc(F)cc4nc3C)CC2)cc1. The summed E-state index contributed by atoms with van der Waals surface area (Å²) in [5.74, 6) is -0.459. The smallest absolute Gasteiger partial charge is 0.255 e. The number of halogens is 1. The number of hydrogen-bond donors (Lipinski definition) is 0. The first-order valence-electron chi connectivity index (χ1n) is 10.2. The van der Waals surface area contributed by atoms with Gasteiger partial charge in [-0.2, -0.15) is 0 Å². The van der Waals surface area contributed by atoms with Crippen molar-refractivity contribution >= 4 is 22.7 Å². The lowest BCUT2D eigenvalue weighted by Gasteiger charge is -2.35. The van der Waals surface area contributed by atoms with Gasteiger partial charge in [0.05, 0.1) is 16.8 Å². The highest BCUT2D eigenvalue weighted by Gasteiger charge is 2.26. The Bertz CT molecular complexity index is 1100. The van der Waals surface area contributed by atoms with Crippen molar-refractivity contribution < 1.29 is 14.0 Å². The van der Waals surface area contributed by atoms with E-state index in [9.17, 15) is 14.0 Å². The fourth-order valence-corrected chi connectivity index (χ4v) is 3.80. The topological polar surface area (TPSA) is 53.5 Å². The molecule has 0 unspecified atom stereocenters. The Kier molecular flexibility index (Phi) is 5.48. The molecule has 5 nitrogen and oxygen atoms in total. The van der Waals surface area contributed by atoms with Crippen molar-refractivity contribution in [2.75, 3.05) is 26.2 Å². The first-order chi connectivity index (χ1) is 14.5. The van der Waals surface area contributed by atoms with Crippen molar-refractivity contribution in [3.05, 3.63) is 76.7 Å². The van der Waals surface area contributed by atoms with Crippen molar-refractivity contribution in [1.82, 2.24) is 14.8 Å². The van der Waals surface area contributed by atoms with Crippen molar-refractivity contribution in [1.29, 1.82) is 0 Å². The number of carbonyl (C=O) groups is 2. The number of piperazine rings is 1. The molecule has 1 aromatic heterocycles. The average molecular weight is 405 g/mol. The third-order valence-corrected chi connectivity index (χ3v) is 5.66. The van der Waals surface area contributed by atoms with E-state index in [1.165, 1.54) is 17.7 Å². The number of benzene rings is 2. The van der Waals surface area contributed by atoms with Crippen molar-refractivity contribution in [2.24, 2.45) is 0 Å². The minimum absolute atomic E-state index is 0.00432. The molecule has 2 aromatic carbocycles. The molecule has 2 amide bonds. The van der Waals surface area contributed by atoms with Crippen LogP contribution in [0.5, 0.6) is 0 Å². The molecule has 30 heavy (non-hydrogen) atoms. The predicted octanol–water partition coefficient (Wildman–Crippen LogP) is 3.84. The zero-order chi connectivity index (χ0) is 21.3. The number of amides is 2. The highest BCUT2D eigenvalue weighted by molar-refractivity contribution is 5.99. The van der Waals surface area contributed by atoms with E-state index in [0.29, 0.717) is 48.5 Å². The summed E-state index contributed by atoms with van der Waals surface area (Å²) in [5.41, 5.74) is 3.50. The van der Waals surface area contributed by atoms with Crippen LogP contribution >= 0.6 is 0 Å². The lowest BCUT2D eigenvalue weighted by molar-refractivity contribution is 0.0535. The zero-order valence-electron chi connectivity index (χ0n) is 17.2. The first-order valence-corrected chi connectivity index (χ1v) is 10.2. The van der Waals surface area contributed by atoms with Crippen LogP contribution in [0, 0.1) is 12.7 Å². The lowest BCUT2D eigenvalue weighted by Crippen LogP contribution is -2.50. The Morgan fingerprint density at radius 3 is 2.20 bits per heavy atom. The number of carbonyl (C=O) groups excluding carboxylic acids is 2. The maximum Gasteiger partial charge on any atom is 0.255 e. The molecule has 1 saturated heterocycles. The fourth-order valence-electron chi connectivity index (χ4n) is 3.80. The van der Waals surface area contributed by atoms with Gasteiger partial charge in [0.1, 0.15) is 5.82 Å². The molecule has 4 rings (SSSR count). The van der Waals surface area contributed by atoms with Crippen LogP contribution in [0.15, 0.2) is 48.5 Å². The summed E-state index contributed by atoms with van der Waals surface area (Å²) in [5, 5.41) is 0.731. The van der Waals surface area contributed by atoms with E-state index < -0.39 is 0 Å². The third-order valence-electron chi connectivity index (χ3n) is 5.66. The summed E-state index contributed by atoms with van der Waals surface area (Å²) in [6, 6.07) is 13.8. The van der Waals surface area contributed by atoms with Crippen LogP contribution < -0.4 is 0 Å². The molecule has 0 atom stereocenters. The largest absolute Gasteiger partial charge is 0.335 e. The first kappa shape index (κ1) is 20.0. The van der Waals surface area contributed by atoms with Crippen LogP contribution in [0.3, 0.4) is 0 Å². The highest BCUT2D eigenvalue weighted by atomic mass is 19.1. The van der Waals surface area contributed by atoms with Gasteiger partial charge in [-0.3, -0.25) is 14.6 Å². The van der Waals surface area contributed by atoms with Crippen molar-refractivity contribution in [3.8, 4) is 0 Å². The van der Waals surface area contributed by atoms with Gasteiger partial charge in [-0.05, 0) is 49.2 Å². The van der Waals surface area contributed by atoms with Gasteiger partial charge in [-0.15, -0.1) is 0 Å². The van der Waals surface area contributed by atoms with Gasteiger partial charge in [0, 0.05) is 43.2 Å². The van der Waals surface area contributed by atoms with Gasteiger partial charge in [-0.25, -0.2) is 4.39 Å². The number of aromatic nitrogens is 1. The Hall–Kier alpha value is -3.28. The summed E-state index contributed by atoms with van der Waals surface area (Å²) >= 11 is 0. The van der Waals surface area contributed by atoms with Crippen LogP contribution in [0.25, 0.3) is 10.9 Å². The fraction of sp³-hybridized carbons (Fsp3) is 0.292. The maximum atomic E-state index is 13.4. The van der Waals surface area contributed by atoms with E-state index in [0.717, 1.165) is 11.8 Å². The molecule has 0 N–H and O–H groups in total. The molecule has 0 bridgehead atoms. The maximum absolute atomic E-state index is 13.4. The van der Waals surface area contributed by atoms with E-state index in [1.807, 2.05) is 24.3 Å². The summed E-state index contributed by atoms with van der Waals surface area (Å²) in [7, 11) is 0. The van der Waals surface area contributed by atoms with Crippen molar-refractivity contribution in [2.45, 2.75) is 20.3 Å². The summed E-state index contributed by atoms with van der Waals surface area (Å²) in [6.07, 6.45) is 0.938. The number of pyridine rings is 1. The molecule has 0 spiro atoms. The minimum atomic E-state index is -0.349. The normalized spacial score (nSPS) is 14.2. The van der Waals surface area contributed by atoms with Gasteiger partial charge in [0.15, 0.2) is 0 Å². The van der Waals surface area contributed by atoms with Gasteiger partial charge in [0.2, 0.25) is 0 Å². The van der Waals surface area contributed by atoms with Gasteiger partial charge in [-0.1, -0.05) is 19.1 Å². The molecule has 6 heteroatoms. The second-order valence-electron chi connectivity index (χ2n) is 7.59. The van der Waals surface area contributed by atoms with E-state index in [1.54, 1.807) is 28.9 Å². The molecular formula is C24H24FN3O2. The number of aryl methyl sites for hydroxylation is 2. The third kappa shape index (κ3) is 3.90. The molecule has 1 fully saturated rings. The zero-order valence-corrected chi connectivity index (χ0v) is 17.2. The number of rotatable bonds is 3. The molecule has 1 aliphatic rings. The number of fused-ring (bicyclic) bond motifs is 1. The van der Waals surface area contributed by atoms with E-state index in [-0.39, 0.29) is 17.6 Å². The summed E-state index contributed by atoms with van der Waals surface area (Å²) in [6.45, 7) is 5.77. The van der Waals surface area contributed by atoms with E-state index in [4.69, 9.17) is 0 Å². The summed E-state index contributed by atoms with van der Waals surface area (Å²) < 4.78 is 13.4. The van der Waals surface area contributed by atoms with E-state index in [2.05, 4.69) is 11.9 Å². The van der Waals surface area contributed by atoms with Crippen LogP contribution in [0.4, 0.5) is 4.39 Å². The molecule has 1 aliphatic heterocycles. The average Bonchev–Trinajstić information content (AvgIpc) is 2.78. The Balaban J connectivity index is 1.45. The quantitative estimate of drug-likeness (QED) is 0.665. The van der Waals surface area contributed by atoms with Gasteiger partial charge < -0.3 is 9.80 Å². The summed E-state index contributed by atoms with van der Waals surface area (Å²) in [4.78, 5) is 33.8. The Morgan fingerprint density at radius 2 is 1.57 bits per heavy atom. The van der Waals surface area contributed by atoms with Gasteiger partial charge >= 0.3 is 0 Å². The number of hydrogen-bond acceptors (Lipinski definition) is 3. The van der Waals surface area contributed by atoms with Crippen LogP contribution in [0.1, 0.15) is 38.9 Å². The molecule has 0 saturated carbocycles. The highest BCUT2D eigenvalue weighted by Crippen LogP contribution is 2.20. The molecule has 0 radical (unpaired) electrons. The van der Waals surface area contributed by atoms with Crippen LogP contribution in [-0.2, 0) is 6.42 Å². The van der Waals surface area contributed by atoms with Crippen LogP contribution in [0.2, 0.25) is 0 Å². The molecule has 154 valence electrons. The Labute approximate surface area is 175 Å². The molecule has 3 aromatic rings. The van der Waals surface area contributed by atoms with Crippen LogP contribution in [-0.4, -0.2) is 52.8 Å². The standard InChI is InChI=1S/C24H24FN3O2/c1-3-17-4-6-18(7-5-17)23(29)27-10-12-28(13-11-27)24(30)21-14-19-8-9-20(25)15-22(19)26-16(21)2/h4-9,14-15H,3,10-13H2,1-2H3. The second-order valence-corrected chi connectivity index (χ2v) is 7.59. The minimum Gasteiger partial charge on any atom is -0.335 e. The Morgan fingerprint density at radius 1 is 0.933 bits per heavy atom. The lowest BCUT2D eigenvalue weighted by atomic mass is 10.1. The molecule has 0 aliphatic carbocycles.